The molecule has 1 aliphatic carbocycles. The first-order chi connectivity index (χ1) is 9.21. The Hall–Kier alpha value is -0.795. The second-order valence-electron chi connectivity index (χ2n) is 7.43. The van der Waals surface area contributed by atoms with Gasteiger partial charge in [0.1, 0.15) is 0 Å². The Balaban J connectivity index is 1.97. The summed E-state index contributed by atoms with van der Waals surface area (Å²) in [4.78, 5) is 0. The largest absolute Gasteiger partial charge is 0.495 e. The van der Waals surface area contributed by atoms with Crippen LogP contribution in [0.2, 0.25) is 0 Å². The van der Waals surface area contributed by atoms with E-state index >= 15 is 0 Å². The highest BCUT2D eigenvalue weighted by atomic mass is 16.7. The molecule has 2 aliphatic rings. The highest BCUT2D eigenvalue weighted by Crippen LogP contribution is 2.42. The molecule has 2 fully saturated rings. The molecule has 1 aliphatic heterocycles. The minimum absolute atomic E-state index is 0.238. The Morgan fingerprint density at radius 1 is 0.950 bits per heavy atom. The number of aryl methyl sites for hydroxylation is 2. The quantitative estimate of drug-likeness (QED) is 0.767. The van der Waals surface area contributed by atoms with Crippen LogP contribution in [0.3, 0.4) is 0 Å². The summed E-state index contributed by atoms with van der Waals surface area (Å²) in [5.74, 6) is 0.761. The molecule has 0 aromatic heterocycles. The fourth-order valence-corrected chi connectivity index (χ4v) is 2.94. The van der Waals surface area contributed by atoms with Crippen molar-refractivity contribution < 1.29 is 9.31 Å². The van der Waals surface area contributed by atoms with Gasteiger partial charge < -0.3 is 9.31 Å². The van der Waals surface area contributed by atoms with Gasteiger partial charge >= 0.3 is 7.12 Å². The molecule has 1 heterocycles. The van der Waals surface area contributed by atoms with Crippen LogP contribution in [0.4, 0.5) is 0 Å². The highest BCUT2D eigenvalue weighted by molar-refractivity contribution is 6.62. The van der Waals surface area contributed by atoms with Crippen molar-refractivity contribution in [2.24, 2.45) is 0 Å². The summed E-state index contributed by atoms with van der Waals surface area (Å²) in [5, 5.41) is 0. The van der Waals surface area contributed by atoms with E-state index in [0.29, 0.717) is 0 Å². The molecule has 1 aromatic rings. The Morgan fingerprint density at radius 3 is 2.00 bits per heavy atom. The van der Waals surface area contributed by atoms with E-state index in [4.69, 9.17) is 9.31 Å². The SMILES string of the molecule is Cc1cc(C)c(C2CC2)cc1B1OC(C)(C)C(C)(C)O1. The van der Waals surface area contributed by atoms with E-state index in [0.717, 1.165) is 5.92 Å². The van der Waals surface area contributed by atoms with Crippen LogP contribution in [-0.2, 0) is 9.31 Å². The lowest BCUT2D eigenvalue weighted by molar-refractivity contribution is 0.00578. The van der Waals surface area contributed by atoms with Gasteiger partial charge in [-0.15, -0.1) is 0 Å². The molecule has 0 atom stereocenters. The molecule has 0 spiro atoms. The van der Waals surface area contributed by atoms with E-state index in [1.165, 1.54) is 35.0 Å². The molecule has 0 unspecified atom stereocenters. The molecule has 1 saturated heterocycles. The van der Waals surface area contributed by atoms with Crippen molar-refractivity contribution in [3.05, 3.63) is 28.8 Å². The lowest BCUT2D eigenvalue weighted by atomic mass is 9.74. The summed E-state index contributed by atoms with van der Waals surface area (Å²) in [7, 11) is -0.238. The lowest BCUT2D eigenvalue weighted by Crippen LogP contribution is -2.41. The third-order valence-corrected chi connectivity index (χ3v) is 5.18. The van der Waals surface area contributed by atoms with Crippen LogP contribution in [0.25, 0.3) is 0 Å². The molecule has 1 aromatic carbocycles. The minimum Gasteiger partial charge on any atom is -0.399 e. The van der Waals surface area contributed by atoms with Gasteiger partial charge in [0.25, 0.3) is 0 Å². The molecule has 20 heavy (non-hydrogen) atoms. The smallest absolute Gasteiger partial charge is 0.399 e. The van der Waals surface area contributed by atoms with Crippen LogP contribution in [0.5, 0.6) is 0 Å². The molecular weight excluding hydrogens is 247 g/mol. The maximum atomic E-state index is 6.20. The van der Waals surface area contributed by atoms with Gasteiger partial charge in [-0.1, -0.05) is 17.7 Å². The average Bonchev–Trinajstić information content (AvgIpc) is 3.07. The molecular formula is C17H25BO2. The van der Waals surface area contributed by atoms with Gasteiger partial charge in [0.2, 0.25) is 0 Å². The van der Waals surface area contributed by atoms with Gasteiger partial charge in [0.05, 0.1) is 11.2 Å². The predicted molar refractivity (Wildman–Crippen MR) is 83.6 cm³/mol. The van der Waals surface area contributed by atoms with E-state index in [1.54, 1.807) is 0 Å². The van der Waals surface area contributed by atoms with E-state index in [2.05, 4.69) is 53.7 Å². The van der Waals surface area contributed by atoms with E-state index in [9.17, 15) is 0 Å². The van der Waals surface area contributed by atoms with Crippen molar-refractivity contribution >= 4 is 12.6 Å². The van der Waals surface area contributed by atoms with Gasteiger partial charge in [0.15, 0.2) is 0 Å². The van der Waals surface area contributed by atoms with Crippen molar-refractivity contribution in [1.29, 1.82) is 0 Å². The molecule has 1 saturated carbocycles. The lowest BCUT2D eigenvalue weighted by Gasteiger charge is -2.32. The van der Waals surface area contributed by atoms with Gasteiger partial charge in [-0.25, -0.2) is 0 Å². The molecule has 3 rings (SSSR count). The van der Waals surface area contributed by atoms with Crippen molar-refractivity contribution in [3.8, 4) is 0 Å². The average molecular weight is 272 g/mol. The minimum atomic E-state index is -0.269. The number of hydrogen-bond acceptors (Lipinski definition) is 2. The van der Waals surface area contributed by atoms with Crippen LogP contribution in [0.1, 0.15) is 63.1 Å². The summed E-state index contributed by atoms with van der Waals surface area (Å²) in [6.45, 7) is 12.8. The Kier molecular flexibility index (Phi) is 3.08. The zero-order valence-corrected chi connectivity index (χ0v) is 13.5. The van der Waals surface area contributed by atoms with E-state index < -0.39 is 0 Å². The standard InChI is InChI=1S/C17H25BO2/c1-11-9-12(2)15(10-14(11)13-7-8-13)18-19-16(3,4)17(5,6)20-18/h9-10,13H,7-8H2,1-6H3. The Morgan fingerprint density at radius 2 is 1.50 bits per heavy atom. The van der Waals surface area contributed by atoms with Gasteiger partial charge in [-0.05, 0) is 76.9 Å². The molecule has 0 amide bonds. The summed E-state index contributed by atoms with van der Waals surface area (Å²) < 4.78 is 12.4. The third-order valence-electron chi connectivity index (χ3n) is 5.18. The van der Waals surface area contributed by atoms with Crippen LogP contribution < -0.4 is 5.46 Å². The topological polar surface area (TPSA) is 18.5 Å². The van der Waals surface area contributed by atoms with Gasteiger partial charge in [-0.2, -0.15) is 0 Å². The number of benzene rings is 1. The first-order valence-electron chi connectivity index (χ1n) is 7.68. The molecule has 0 radical (unpaired) electrons. The predicted octanol–water partition coefficient (Wildman–Crippen LogP) is 3.48. The molecule has 108 valence electrons. The third kappa shape index (κ3) is 2.21. The van der Waals surface area contributed by atoms with Crippen LogP contribution >= 0.6 is 0 Å². The van der Waals surface area contributed by atoms with Gasteiger partial charge in [0, 0.05) is 0 Å². The van der Waals surface area contributed by atoms with Gasteiger partial charge in [-0.3, -0.25) is 0 Å². The van der Waals surface area contributed by atoms with E-state index in [-0.39, 0.29) is 18.3 Å². The number of rotatable bonds is 2. The molecule has 2 nitrogen and oxygen atoms in total. The zero-order valence-electron chi connectivity index (χ0n) is 13.5. The second-order valence-corrected chi connectivity index (χ2v) is 7.43. The normalized spacial score (nSPS) is 24.2. The fourth-order valence-electron chi connectivity index (χ4n) is 2.94. The van der Waals surface area contributed by atoms with Crippen molar-refractivity contribution in [2.45, 2.75) is 71.5 Å². The van der Waals surface area contributed by atoms with Crippen molar-refractivity contribution in [1.82, 2.24) is 0 Å². The Labute approximate surface area is 123 Å². The number of hydrogen-bond donors (Lipinski definition) is 0. The first-order valence-corrected chi connectivity index (χ1v) is 7.68. The summed E-state index contributed by atoms with van der Waals surface area (Å²) in [5.41, 5.74) is 4.83. The fraction of sp³-hybridized carbons (Fsp3) is 0.647. The zero-order chi connectivity index (χ0) is 14.7. The summed E-state index contributed by atoms with van der Waals surface area (Å²) in [6, 6.07) is 4.61. The first kappa shape index (κ1) is 14.2. The summed E-state index contributed by atoms with van der Waals surface area (Å²) >= 11 is 0. The summed E-state index contributed by atoms with van der Waals surface area (Å²) in [6.07, 6.45) is 2.65. The maximum Gasteiger partial charge on any atom is 0.495 e. The van der Waals surface area contributed by atoms with Crippen molar-refractivity contribution in [3.63, 3.8) is 0 Å². The molecule has 3 heteroatoms. The molecule has 0 bridgehead atoms. The van der Waals surface area contributed by atoms with Crippen molar-refractivity contribution in [2.75, 3.05) is 0 Å². The monoisotopic (exact) mass is 272 g/mol. The Bertz CT molecular complexity index is 528. The highest BCUT2D eigenvalue weighted by Gasteiger charge is 2.52. The second kappa shape index (κ2) is 4.35. The van der Waals surface area contributed by atoms with Crippen LogP contribution in [0.15, 0.2) is 12.1 Å². The van der Waals surface area contributed by atoms with Crippen LogP contribution in [-0.4, -0.2) is 18.3 Å². The molecule has 0 N–H and O–H groups in total. The van der Waals surface area contributed by atoms with E-state index in [1.807, 2.05) is 0 Å². The maximum absolute atomic E-state index is 6.20. The van der Waals surface area contributed by atoms with Crippen LogP contribution in [0, 0.1) is 13.8 Å².